The monoisotopic (exact) mass is 226 g/mol. The molecule has 84 valence electrons. The van der Waals surface area contributed by atoms with Gasteiger partial charge in [-0.25, -0.2) is 9.97 Å². The van der Waals surface area contributed by atoms with Crippen LogP contribution in [0.25, 0.3) is 22.1 Å². The molecule has 0 fully saturated rings. The summed E-state index contributed by atoms with van der Waals surface area (Å²) in [7, 11) is 0. The molecule has 0 aliphatic carbocycles. The molecule has 0 spiro atoms. The molecule has 1 aromatic heterocycles. The van der Waals surface area contributed by atoms with Gasteiger partial charge >= 0.3 is 0 Å². The summed E-state index contributed by atoms with van der Waals surface area (Å²) in [5.41, 5.74) is 3.11. The van der Waals surface area contributed by atoms with Gasteiger partial charge in [0.05, 0.1) is 23.2 Å². The Balaban J connectivity index is 2.50. The van der Waals surface area contributed by atoms with Crippen molar-refractivity contribution in [1.29, 1.82) is 0 Å². The molecule has 4 nitrogen and oxygen atoms in total. The highest BCUT2D eigenvalue weighted by Crippen LogP contribution is 2.26. The van der Waals surface area contributed by atoms with Crippen molar-refractivity contribution >= 4 is 22.1 Å². The van der Waals surface area contributed by atoms with Crippen molar-refractivity contribution in [2.24, 2.45) is 0 Å². The molecule has 2 aromatic carbocycles. The number of phenolic OH excluding ortho intramolecular Hbond substituents is 1. The summed E-state index contributed by atoms with van der Waals surface area (Å²) in [6, 6.07) is 10.6. The molecule has 0 saturated carbocycles. The number of para-hydroxylation sites is 2. The van der Waals surface area contributed by atoms with E-state index in [4.69, 9.17) is 0 Å². The quantitative estimate of drug-likeness (QED) is 0.623. The van der Waals surface area contributed by atoms with E-state index < -0.39 is 0 Å². The first kappa shape index (κ1) is 9.99. The largest absolute Gasteiger partial charge is 0.506 e. The Bertz CT molecular complexity index is 710. The lowest BCUT2D eigenvalue weighted by Crippen LogP contribution is -1.93. The van der Waals surface area contributed by atoms with Crippen LogP contribution in [-0.2, 0) is 6.61 Å². The standard InChI is InChI=1S/C13H10N2O2/c16-7-8-5-6-11(17)13-12(8)14-9-3-1-2-4-10(9)15-13/h1-6,16-17H,7H2. The van der Waals surface area contributed by atoms with Crippen molar-refractivity contribution in [3.63, 3.8) is 0 Å². The van der Waals surface area contributed by atoms with Crippen molar-refractivity contribution in [2.45, 2.75) is 6.61 Å². The molecule has 0 aliphatic rings. The van der Waals surface area contributed by atoms with Gasteiger partial charge in [0.25, 0.3) is 0 Å². The van der Waals surface area contributed by atoms with Crippen LogP contribution in [0.1, 0.15) is 5.56 Å². The van der Waals surface area contributed by atoms with Crippen molar-refractivity contribution < 1.29 is 10.2 Å². The van der Waals surface area contributed by atoms with Crippen molar-refractivity contribution in [3.05, 3.63) is 42.0 Å². The van der Waals surface area contributed by atoms with Gasteiger partial charge in [-0.1, -0.05) is 18.2 Å². The molecule has 0 saturated heterocycles. The summed E-state index contributed by atoms with van der Waals surface area (Å²) in [5.74, 6) is 0.0791. The number of hydrogen-bond donors (Lipinski definition) is 2. The fourth-order valence-electron chi connectivity index (χ4n) is 1.87. The van der Waals surface area contributed by atoms with Crippen molar-refractivity contribution in [1.82, 2.24) is 9.97 Å². The van der Waals surface area contributed by atoms with Gasteiger partial charge in [0.15, 0.2) is 0 Å². The van der Waals surface area contributed by atoms with Gasteiger partial charge in [0, 0.05) is 5.56 Å². The fraction of sp³-hybridized carbons (Fsp3) is 0.0769. The maximum Gasteiger partial charge on any atom is 0.143 e. The molecule has 0 unspecified atom stereocenters. The smallest absolute Gasteiger partial charge is 0.143 e. The van der Waals surface area contributed by atoms with Crippen LogP contribution in [0, 0.1) is 0 Å². The molecular formula is C13H10N2O2. The van der Waals surface area contributed by atoms with E-state index in [0.717, 1.165) is 11.0 Å². The van der Waals surface area contributed by atoms with Crippen LogP contribution in [0.2, 0.25) is 0 Å². The summed E-state index contributed by atoms with van der Waals surface area (Å²) in [6.45, 7) is -0.121. The predicted octanol–water partition coefficient (Wildman–Crippen LogP) is 1.98. The van der Waals surface area contributed by atoms with Crippen LogP contribution in [0.4, 0.5) is 0 Å². The van der Waals surface area contributed by atoms with E-state index in [-0.39, 0.29) is 12.4 Å². The van der Waals surface area contributed by atoms with E-state index in [9.17, 15) is 10.2 Å². The van der Waals surface area contributed by atoms with E-state index in [0.29, 0.717) is 16.6 Å². The molecular weight excluding hydrogens is 216 g/mol. The molecule has 0 amide bonds. The number of rotatable bonds is 1. The maximum atomic E-state index is 9.77. The molecule has 0 aliphatic heterocycles. The van der Waals surface area contributed by atoms with Gasteiger partial charge in [-0.3, -0.25) is 0 Å². The SMILES string of the molecule is OCc1ccc(O)c2nc3ccccc3nc12. The van der Waals surface area contributed by atoms with Gasteiger partial charge in [-0.2, -0.15) is 0 Å². The number of aromatic nitrogens is 2. The van der Waals surface area contributed by atoms with Crippen molar-refractivity contribution in [3.8, 4) is 5.75 Å². The number of aliphatic hydroxyl groups is 1. The number of fused-ring (bicyclic) bond motifs is 2. The minimum atomic E-state index is -0.121. The summed E-state index contributed by atoms with van der Waals surface area (Å²) >= 11 is 0. The Morgan fingerprint density at radius 3 is 2.18 bits per heavy atom. The number of benzene rings is 2. The number of aromatic hydroxyl groups is 1. The van der Waals surface area contributed by atoms with Crippen LogP contribution in [0.3, 0.4) is 0 Å². The number of nitrogens with zero attached hydrogens (tertiary/aromatic N) is 2. The van der Waals surface area contributed by atoms with Crippen molar-refractivity contribution in [2.75, 3.05) is 0 Å². The normalized spacial score (nSPS) is 11.1. The van der Waals surface area contributed by atoms with Gasteiger partial charge in [-0.05, 0) is 18.2 Å². The van der Waals surface area contributed by atoms with Gasteiger partial charge in [-0.15, -0.1) is 0 Å². The second-order valence-electron chi connectivity index (χ2n) is 3.81. The predicted molar refractivity (Wildman–Crippen MR) is 64.6 cm³/mol. The highest BCUT2D eigenvalue weighted by molar-refractivity contribution is 5.91. The lowest BCUT2D eigenvalue weighted by atomic mass is 10.1. The minimum absolute atomic E-state index is 0.0791. The van der Waals surface area contributed by atoms with Crippen LogP contribution in [-0.4, -0.2) is 20.2 Å². The van der Waals surface area contributed by atoms with Gasteiger partial charge < -0.3 is 10.2 Å². The first-order valence-electron chi connectivity index (χ1n) is 5.28. The lowest BCUT2D eigenvalue weighted by Gasteiger charge is -2.06. The third-order valence-corrected chi connectivity index (χ3v) is 2.73. The molecule has 0 radical (unpaired) electrons. The summed E-state index contributed by atoms with van der Waals surface area (Å²) in [4.78, 5) is 8.79. The number of phenols is 1. The molecule has 0 bridgehead atoms. The topological polar surface area (TPSA) is 66.2 Å². The van der Waals surface area contributed by atoms with E-state index >= 15 is 0 Å². The van der Waals surface area contributed by atoms with E-state index in [1.165, 1.54) is 6.07 Å². The van der Waals surface area contributed by atoms with Crippen LogP contribution < -0.4 is 0 Å². The Labute approximate surface area is 97.2 Å². The second-order valence-corrected chi connectivity index (χ2v) is 3.81. The average molecular weight is 226 g/mol. The zero-order valence-corrected chi connectivity index (χ0v) is 8.96. The molecule has 1 heterocycles. The second kappa shape index (κ2) is 3.68. The van der Waals surface area contributed by atoms with Crippen LogP contribution >= 0.6 is 0 Å². The summed E-state index contributed by atoms with van der Waals surface area (Å²) < 4.78 is 0. The Kier molecular flexibility index (Phi) is 2.16. The Morgan fingerprint density at radius 1 is 0.882 bits per heavy atom. The zero-order chi connectivity index (χ0) is 11.8. The first-order valence-corrected chi connectivity index (χ1v) is 5.28. The number of hydrogen-bond acceptors (Lipinski definition) is 4. The van der Waals surface area contributed by atoms with E-state index in [1.807, 2.05) is 24.3 Å². The molecule has 2 N–H and O–H groups in total. The third-order valence-electron chi connectivity index (χ3n) is 2.73. The first-order chi connectivity index (χ1) is 8.29. The fourth-order valence-corrected chi connectivity index (χ4v) is 1.87. The van der Waals surface area contributed by atoms with Gasteiger partial charge in [0.1, 0.15) is 11.3 Å². The van der Waals surface area contributed by atoms with Gasteiger partial charge in [0.2, 0.25) is 0 Å². The average Bonchev–Trinajstić information content (AvgIpc) is 2.38. The van der Waals surface area contributed by atoms with E-state index in [2.05, 4.69) is 9.97 Å². The zero-order valence-electron chi connectivity index (χ0n) is 8.96. The Morgan fingerprint density at radius 2 is 1.53 bits per heavy atom. The summed E-state index contributed by atoms with van der Waals surface area (Å²) in [5, 5.41) is 19.0. The Hall–Kier alpha value is -2.20. The highest BCUT2D eigenvalue weighted by Gasteiger charge is 2.09. The molecule has 3 rings (SSSR count). The minimum Gasteiger partial charge on any atom is -0.506 e. The van der Waals surface area contributed by atoms with Crippen LogP contribution in [0.5, 0.6) is 5.75 Å². The molecule has 4 heteroatoms. The number of aliphatic hydroxyl groups excluding tert-OH is 1. The third kappa shape index (κ3) is 1.50. The van der Waals surface area contributed by atoms with E-state index in [1.54, 1.807) is 6.07 Å². The van der Waals surface area contributed by atoms with Crippen LogP contribution in [0.15, 0.2) is 36.4 Å². The molecule has 3 aromatic rings. The molecule has 17 heavy (non-hydrogen) atoms. The highest BCUT2D eigenvalue weighted by atomic mass is 16.3. The lowest BCUT2D eigenvalue weighted by molar-refractivity contribution is 0.283. The summed E-state index contributed by atoms with van der Waals surface area (Å²) in [6.07, 6.45) is 0. The maximum absolute atomic E-state index is 9.77. The molecule has 0 atom stereocenters.